The van der Waals surface area contributed by atoms with Crippen LogP contribution in [0.4, 0.5) is 4.39 Å². The zero-order valence-corrected chi connectivity index (χ0v) is 9.42. The van der Waals surface area contributed by atoms with Gasteiger partial charge >= 0.3 is 0 Å². The number of hydrogen-bond acceptors (Lipinski definition) is 2. The summed E-state index contributed by atoms with van der Waals surface area (Å²) in [6.45, 7) is 2.82. The van der Waals surface area contributed by atoms with Crippen LogP contribution in [0.25, 0.3) is 0 Å². The van der Waals surface area contributed by atoms with E-state index >= 15 is 0 Å². The Morgan fingerprint density at radius 2 is 2.00 bits per heavy atom. The lowest BCUT2D eigenvalue weighted by Gasteiger charge is -2.22. The van der Waals surface area contributed by atoms with Crippen LogP contribution in [0, 0.1) is 11.7 Å². The maximum atomic E-state index is 13.2. The summed E-state index contributed by atoms with van der Waals surface area (Å²) in [4.78, 5) is 0. The third-order valence-electron chi connectivity index (χ3n) is 3.08. The minimum Gasteiger partial charge on any atom is -0.491 e. The molecule has 0 bridgehead atoms. The van der Waals surface area contributed by atoms with Gasteiger partial charge in [0.15, 0.2) is 11.6 Å². The molecule has 1 aromatic rings. The fourth-order valence-electron chi connectivity index (χ4n) is 2.07. The SMILES string of the molecule is Fc1ccccc1OCCC1CCNCC1. The first kappa shape index (κ1) is 11.4. The van der Waals surface area contributed by atoms with E-state index in [-0.39, 0.29) is 5.82 Å². The highest BCUT2D eigenvalue weighted by Crippen LogP contribution is 2.19. The summed E-state index contributed by atoms with van der Waals surface area (Å²) in [6.07, 6.45) is 3.44. The Labute approximate surface area is 95.8 Å². The van der Waals surface area contributed by atoms with E-state index in [9.17, 15) is 4.39 Å². The number of nitrogens with one attached hydrogen (secondary N) is 1. The average molecular weight is 223 g/mol. The van der Waals surface area contributed by atoms with Gasteiger partial charge < -0.3 is 10.1 Å². The maximum Gasteiger partial charge on any atom is 0.165 e. The van der Waals surface area contributed by atoms with Gasteiger partial charge in [-0.1, -0.05) is 12.1 Å². The predicted molar refractivity (Wildman–Crippen MR) is 62.1 cm³/mol. The van der Waals surface area contributed by atoms with Crippen molar-refractivity contribution >= 4 is 0 Å². The number of rotatable bonds is 4. The lowest BCUT2D eigenvalue weighted by molar-refractivity contribution is 0.244. The summed E-state index contributed by atoms with van der Waals surface area (Å²) in [7, 11) is 0. The maximum absolute atomic E-state index is 13.2. The molecule has 3 heteroatoms. The molecule has 88 valence electrons. The highest BCUT2D eigenvalue weighted by molar-refractivity contribution is 5.23. The first-order valence-electron chi connectivity index (χ1n) is 5.94. The van der Waals surface area contributed by atoms with Crippen LogP contribution in [0.1, 0.15) is 19.3 Å². The van der Waals surface area contributed by atoms with Crippen molar-refractivity contribution in [3.63, 3.8) is 0 Å². The van der Waals surface area contributed by atoms with Crippen molar-refractivity contribution in [3.05, 3.63) is 30.1 Å². The molecular formula is C13H18FNO. The fraction of sp³-hybridized carbons (Fsp3) is 0.538. The van der Waals surface area contributed by atoms with E-state index in [1.807, 2.05) is 0 Å². The van der Waals surface area contributed by atoms with Gasteiger partial charge in [-0.05, 0) is 50.4 Å². The smallest absolute Gasteiger partial charge is 0.165 e. The zero-order chi connectivity index (χ0) is 11.2. The molecule has 16 heavy (non-hydrogen) atoms. The molecule has 1 saturated heterocycles. The molecule has 1 aliphatic rings. The Balaban J connectivity index is 1.73. The number of benzene rings is 1. The largest absolute Gasteiger partial charge is 0.491 e. The second kappa shape index (κ2) is 5.85. The number of halogens is 1. The van der Waals surface area contributed by atoms with Crippen molar-refractivity contribution in [2.45, 2.75) is 19.3 Å². The Kier molecular flexibility index (Phi) is 4.17. The standard InChI is InChI=1S/C13H18FNO/c14-12-3-1-2-4-13(12)16-10-7-11-5-8-15-9-6-11/h1-4,11,15H,5-10H2. The minimum absolute atomic E-state index is 0.271. The van der Waals surface area contributed by atoms with Gasteiger partial charge in [0.2, 0.25) is 0 Å². The second-order valence-corrected chi connectivity index (χ2v) is 4.26. The minimum atomic E-state index is -0.271. The van der Waals surface area contributed by atoms with E-state index in [0.29, 0.717) is 12.4 Å². The molecule has 2 nitrogen and oxygen atoms in total. The highest BCUT2D eigenvalue weighted by Gasteiger charge is 2.12. The summed E-state index contributed by atoms with van der Waals surface area (Å²) in [6, 6.07) is 6.58. The van der Waals surface area contributed by atoms with E-state index < -0.39 is 0 Å². The van der Waals surface area contributed by atoms with E-state index in [0.717, 1.165) is 25.4 Å². The van der Waals surface area contributed by atoms with Crippen LogP contribution in [0.2, 0.25) is 0 Å². The topological polar surface area (TPSA) is 21.3 Å². The molecule has 0 aliphatic carbocycles. The average Bonchev–Trinajstić information content (AvgIpc) is 2.33. The molecule has 0 amide bonds. The first-order chi connectivity index (χ1) is 7.86. The van der Waals surface area contributed by atoms with Gasteiger partial charge in [-0.25, -0.2) is 4.39 Å². The number of ether oxygens (including phenoxy) is 1. The van der Waals surface area contributed by atoms with Crippen LogP contribution in [0.15, 0.2) is 24.3 Å². The Hall–Kier alpha value is -1.09. The van der Waals surface area contributed by atoms with Crippen molar-refractivity contribution in [2.24, 2.45) is 5.92 Å². The van der Waals surface area contributed by atoms with E-state index in [1.54, 1.807) is 18.2 Å². The van der Waals surface area contributed by atoms with Gasteiger partial charge in [0.25, 0.3) is 0 Å². The molecule has 0 spiro atoms. The molecule has 0 saturated carbocycles. The third kappa shape index (κ3) is 3.20. The van der Waals surface area contributed by atoms with Gasteiger partial charge in [-0.2, -0.15) is 0 Å². The summed E-state index contributed by atoms with van der Waals surface area (Å²) >= 11 is 0. The van der Waals surface area contributed by atoms with Gasteiger partial charge in [-0.3, -0.25) is 0 Å². The van der Waals surface area contributed by atoms with Crippen molar-refractivity contribution in [3.8, 4) is 5.75 Å². The van der Waals surface area contributed by atoms with Gasteiger partial charge in [-0.15, -0.1) is 0 Å². The molecule has 2 rings (SSSR count). The Morgan fingerprint density at radius 1 is 1.25 bits per heavy atom. The van der Waals surface area contributed by atoms with E-state index in [2.05, 4.69) is 5.32 Å². The van der Waals surface area contributed by atoms with Crippen LogP contribution in [-0.2, 0) is 0 Å². The first-order valence-corrected chi connectivity index (χ1v) is 5.94. The fourth-order valence-corrected chi connectivity index (χ4v) is 2.07. The number of para-hydroxylation sites is 1. The summed E-state index contributed by atoms with van der Waals surface area (Å²) < 4.78 is 18.7. The van der Waals surface area contributed by atoms with Crippen molar-refractivity contribution < 1.29 is 9.13 Å². The number of hydrogen-bond donors (Lipinski definition) is 1. The normalized spacial score (nSPS) is 17.3. The van der Waals surface area contributed by atoms with Crippen LogP contribution in [0.5, 0.6) is 5.75 Å². The van der Waals surface area contributed by atoms with E-state index in [4.69, 9.17) is 4.74 Å². The van der Waals surface area contributed by atoms with Gasteiger partial charge in [0.1, 0.15) is 0 Å². The van der Waals surface area contributed by atoms with Gasteiger partial charge in [0.05, 0.1) is 6.61 Å². The predicted octanol–water partition coefficient (Wildman–Crippen LogP) is 2.59. The molecule has 0 atom stereocenters. The Bertz CT molecular complexity index is 323. The van der Waals surface area contributed by atoms with Crippen molar-refractivity contribution in [1.82, 2.24) is 5.32 Å². The number of piperidine rings is 1. The van der Waals surface area contributed by atoms with Crippen molar-refractivity contribution in [2.75, 3.05) is 19.7 Å². The summed E-state index contributed by atoms with van der Waals surface area (Å²) in [5.41, 5.74) is 0. The molecule has 1 aromatic carbocycles. The van der Waals surface area contributed by atoms with Crippen LogP contribution < -0.4 is 10.1 Å². The summed E-state index contributed by atoms with van der Waals surface area (Å²) in [5, 5.41) is 3.33. The van der Waals surface area contributed by atoms with Crippen molar-refractivity contribution in [1.29, 1.82) is 0 Å². The molecular weight excluding hydrogens is 205 g/mol. The monoisotopic (exact) mass is 223 g/mol. The summed E-state index contributed by atoms with van der Waals surface area (Å²) in [5.74, 6) is 0.831. The van der Waals surface area contributed by atoms with Crippen LogP contribution in [0.3, 0.4) is 0 Å². The van der Waals surface area contributed by atoms with E-state index in [1.165, 1.54) is 18.9 Å². The lowest BCUT2D eigenvalue weighted by Crippen LogP contribution is -2.28. The molecule has 1 aliphatic heterocycles. The molecule has 0 aromatic heterocycles. The highest BCUT2D eigenvalue weighted by atomic mass is 19.1. The third-order valence-corrected chi connectivity index (χ3v) is 3.08. The molecule has 1 heterocycles. The quantitative estimate of drug-likeness (QED) is 0.847. The van der Waals surface area contributed by atoms with Crippen LogP contribution >= 0.6 is 0 Å². The molecule has 0 radical (unpaired) electrons. The zero-order valence-electron chi connectivity index (χ0n) is 9.42. The van der Waals surface area contributed by atoms with Gasteiger partial charge in [0, 0.05) is 0 Å². The molecule has 1 fully saturated rings. The molecule has 0 unspecified atom stereocenters. The Morgan fingerprint density at radius 3 is 2.75 bits per heavy atom. The molecule has 1 N–H and O–H groups in total. The van der Waals surface area contributed by atoms with Crippen LogP contribution in [-0.4, -0.2) is 19.7 Å². The second-order valence-electron chi connectivity index (χ2n) is 4.26. The lowest BCUT2D eigenvalue weighted by atomic mass is 9.95.